The number of carbonyl (C=O) groups is 1. The lowest BCUT2D eigenvalue weighted by molar-refractivity contribution is -0.148. The molecule has 0 saturated heterocycles. The molecule has 0 aromatic carbocycles. The van der Waals surface area contributed by atoms with Crippen molar-refractivity contribution >= 4 is 5.97 Å². The summed E-state index contributed by atoms with van der Waals surface area (Å²) in [6, 6.07) is 0. The summed E-state index contributed by atoms with van der Waals surface area (Å²) in [7, 11) is 1.54. The van der Waals surface area contributed by atoms with Crippen LogP contribution in [0.2, 0.25) is 0 Å². The van der Waals surface area contributed by atoms with E-state index in [1.54, 1.807) is 0 Å². The van der Waals surface area contributed by atoms with Gasteiger partial charge in [0.1, 0.15) is 5.54 Å². The maximum absolute atomic E-state index is 11.1. The van der Waals surface area contributed by atoms with Gasteiger partial charge in [-0.2, -0.15) is 0 Å². The maximum Gasteiger partial charge on any atom is 0.326 e. The Morgan fingerprint density at radius 3 is 2.62 bits per heavy atom. The number of hydrogen-bond acceptors (Lipinski definition) is 3. The topological polar surface area (TPSA) is 58.6 Å². The van der Waals surface area contributed by atoms with Gasteiger partial charge in [0.25, 0.3) is 0 Å². The quantitative estimate of drug-likeness (QED) is 0.635. The van der Waals surface area contributed by atoms with Crippen molar-refractivity contribution in [1.29, 1.82) is 0 Å². The van der Waals surface area contributed by atoms with Gasteiger partial charge < -0.3 is 9.84 Å². The van der Waals surface area contributed by atoms with Crippen LogP contribution in [-0.2, 0) is 9.53 Å². The molecule has 1 aliphatic carbocycles. The van der Waals surface area contributed by atoms with Crippen LogP contribution in [0.3, 0.4) is 0 Å². The molecule has 0 aromatic rings. The second-order valence-corrected chi connectivity index (χ2v) is 3.51. The van der Waals surface area contributed by atoms with Gasteiger partial charge in [-0.1, -0.05) is 6.92 Å². The summed E-state index contributed by atoms with van der Waals surface area (Å²) in [4.78, 5) is 11.1. The van der Waals surface area contributed by atoms with Crippen molar-refractivity contribution in [3.8, 4) is 0 Å². The zero-order valence-electron chi connectivity index (χ0n) is 8.17. The molecule has 2 N–H and O–H groups in total. The number of ether oxygens (including phenoxy) is 1. The first-order chi connectivity index (χ1) is 6.17. The van der Waals surface area contributed by atoms with Crippen LogP contribution < -0.4 is 5.32 Å². The molecule has 4 nitrogen and oxygen atoms in total. The Labute approximate surface area is 78.3 Å². The Morgan fingerprint density at radius 1 is 1.69 bits per heavy atom. The number of rotatable bonds is 6. The highest BCUT2D eigenvalue weighted by molar-refractivity contribution is 5.80. The normalized spacial score (nSPS) is 21.1. The lowest BCUT2D eigenvalue weighted by atomic mass is 9.94. The summed E-state index contributed by atoms with van der Waals surface area (Å²) in [6.07, 6.45) is 1.98. The predicted octanol–water partition coefficient (Wildman–Crippen LogP) is 0.476. The summed E-state index contributed by atoms with van der Waals surface area (Å²) in [6.45, 7) is 2.82. The number of hydrogen-bond donors (Lipinski definition) is 2. The van der Waals surface area contributed by atoms with Gasteiger partial charge in [0, 0.05) is 7.11 Å². The first kappa shape index (κ1) is 10.5. The van der Waals surface area contributed by atoms with E-state index in [-0.39, 0.29) is 12.5 Å². The Hall–Kier alpha value is -0.610. The zero-order valence-corrected chi connectivity index (χ0v) is 8.17. The van der Waals surface area contributed by atoms with Crippen LogP contribution in [0.5, 0.6) is 0 Å². The smallest absolute Gasteiger partial charge is 0.326 e. The van der Waals surface area contributed by atoms with E-state index in [0.29, 0.717) is 6.54 Å². The number of nitrogens with one attached hydrogen (secondary N) is 1. The molecule has 1 fully saturated rings. The van der Waals surface area contributed by atoms with Gasteiger partial charge in [0.2, 0.25) is 0 Å². The molecule has 0 bridgehead atoms. The van der Waals surface area contributed by atoms with Crippen molar-refractivity contribution in [3.05, 3.63) is 0 Å². The Morgan fingerprint density at radius 2 is 2.31 bits per heavy atom. The van der Waals surface area contributed by atoms with E-state index in [1.807, 2.05) is 6.92 Å². The van der Waals surface area contributed by atoms with Gasteiger partial charge in [0.05, 0.1) is 6.61 Å². The molecule has 0 aliphatic heterocycles. The standard InChI is InChI=1S/C9H17NO3/c1-3-10-9(6-13-2,8(11)12)7-4-5-7/h7,10H,3-6H2,1-2H3,(H,11,12). The molecule has 1 rings (SSSR count). The molecule has 1 atom stereocenters. The fraction of sp³-hybridized carbons (Fsp3) is 0.889. The van der Waals surface area contributed by atoms with Gasteiger partial charge in [-0.15, -0.1) is 0 Å². The molecule has 4 heteroatoms. The Balaban J connectivity index is 2.72. The van der Waals surface area contributed by atoms with Crippen molar-refractivity contribution < 1.29 is 14.6 Å². The largest absolute Gasteiger partial charge is 0.480 e. The third-order valence-corrected chi connectivity index (χ3v) is 2.52. The second kappa shape index (κ2) is 4.07. The first-order valence-corrected chi connectivity index (χ1v) is 4.64. The highest BCUT2D eigenvalue weighted by Gasteiger charge is 2.50. The Kier molecular flexibility index (Phi) is 3.27. The van der Waals surface area contributed by atoms with Crippen LogP contribution in [0.4, 0.5) is 0 Å². The number of methoxy groups -OCH3 is 1. The SMILES string of the molecule is CCNC(COC)(C(=O)O)C1CC1. The van der Waals surface area contributed by atoms with Crippen LogP contribution in [0.25, 0.3) is 0 Å². The minimum Gasteiger partial charge on any atom is -0.480 e. The van der Waals surface area contributed by atoms with Gasteiger partial charge in [0.15, 0.2) is 0 Å². The average Bonchev–Trinajstić information content (AvgIpc) is 2.85. The molecule has 1 saturated carbocycles. The highest BCUT2D eigenvalue weighted by atomic mass is 16.5. The molecule has 1 unspecified atom stereocenters. The second-order valence-electron chi connectivity index (χ2n) is 3.51. The maximum atomic E-state index is 11.1. The fourth-order valence-electron chi connectivity index (χ4n) is 1.74. The molecule has 0 heterocycles. The third-order valence-electron chi connectivity index (χ3n) is 2.52. The first-order valence-electron chi connectivity index (χ1n) is 4.64. The van der Waals surface area contributed by atoms with Crippen LogP contribution in [-0.4, -0.2) is 36.9 Å². The minimum absolute atomic E-state index is 0.241. The molecule has 76 valence electrons. The molecule has 0 radical (unpaired) electrons. The average molecular weight is 187 g/mol. The molecular weight excluding hydrogens is 170 g/mol. The van der Waals surface area contributed by atoms with Gasteiger partial charge in [-0.3, -0.25) is 10.1 Å². The summed E-state index contributed by atoms with van der Waals surface area (Å²) in [5.74, 6) is -0.552. The van der Waals surface area contributed by atoms with Crippen LogP contribution >= 0.6 is 0 Å². The van der Waals surface area contributed by atoms with Crippen LogP contribution in [0.15, 0.2) is 0 Å². The summed E-state index contributed by atoms with van der Waals surface area (Å²) in [5.41, 5.74) is -0.844. The summed E-state index contributed by atoms with van der Waals surface area (Å²) in [5, 5.41) is 12.2. The van der Waals surface area contributed by atoms with Crippen molar-refractivity contribution in [2.75, 3.05) is 20.3 Å². The van der Waals surface area contributed by atoms with Crippen molar-refractivity contribution in [1.82, 2.24) is 5.32 Å². The highest BCUT2D eigenvalue weighted by Crippen LogP contribution is 2.40. The number of aliphatic carboxylic acids is 1. The van der Waals surface area contributed by atoms with E-state index < -0.39 is 11.5 Å². The zero-order chi connectivity index (χ0) is 9.90. The third kappa shape index (κ3) is 2.00. The van der Waals surface area contributed by atoms with E-state index in [1.165, 1.54) is 7.11 Å². The molecular formula is C9H17NO3. The van der Waals surface area contributed by atoms with E-state index in [2.05, 4.69) is 5.32 Å². The molecule has 13 heavy (non-hydrogen) atoms. The minimum atomic E-state index is -0.844. The molecule has 0 spiro atoms. The Bertz CT molecular complexity index is 183. The van der Waals surface area contributed by atoms with Gasteiger partial charge >= 0.3 is 5.97 Å². The number of carboxylic acids is 1. The van der Waals surface area contributed by atoms with Crippen molar-refractivity contribution in [2.24, 2.45) is 5.92 Å². The van der Waals surface area contributed by atoms with E-state index >= 15 is 0 Å². The molecule has 0 aromatic heterocycles. The lowest BCUT2D eigenvalue weighted by Crippen LogP contribution is -2.57. The van der Waals surface area contributed by atoms with Crippen molar-refractivity contribution in [2.45, 2.75) is 25.3 Å². The van der Waals surface area contributed by atoms with Crippen LogP contribution in [0, 0.1) is 5.92 Å². The summed E-state index contributed by atoms with van der Waals surface area (Å²) < 4.78 is 4.98. The lowest BCUT2D eigenvalue weighted by Gasteiger charge is -2.29. The number of carboxylic acid groups (broad SMARTS) is 1. The summed E-state index contributed by atoms with van der Waals surface area (Å²) >= 11 is 0. The molecule has 1 aliphatic rings. The van der Waals surface area contributed by atoms with Gasteiger partial charge in [-0.05, 0) is 25.3 Å². The van der Waals surface area contributed by atoms with Crippen molar-refractivity contribution in [3.63, 3.8) is 0 Å². The van der Waals surface area contributed by atoms with Gasteiger partial charge in [-0.25, -0.2) is 0 Å². The molecule has 0 amide bonds. The predicted molar refractivity (Wildman–Crippen MR) is 48.6 cm³/mol. The van der Waals surface area contributed by atoms with E-state index in [0.717, 1.165) is 12.8 Å². The fourth-order valence-corrected chi connectivity index (χ4v) is 1.74. The number of likely N-dealkylation sites (N-methyl/N-ethyl adjacent to an activating group) is 1. The van der Waals surface area contributed by atoms with E-state index in [4.69, 9.17) is 9.84 Å². The van der Waals surface area contributed by atoms with E-state index in [9.17, 15) is 4.79 Å². The van der Waals surface area contributed by atoms with Crippen LogP contribution in [0.1, 0.15) is 19.8 Å². The monoisotopic (exact) mass is 187 g/mol.